The normalized spacial score (nSPS) is 12.5. The summed E-state index contributed by atoms with van der Waals surface area (Å²) < 4.78 is 0.663. The van der Waals surface area contributed by atoms with Crippen molar-refractivity contribution in [1.29, 1.82) is 0 Å². The number of carbonyl (C=O) groups excluding carboxylic acids is 1. The van der Waals surface area contributed by atoms with Gasteiger partial charge in [-0.2, -0.15) is 4.73 Å². The zero-order valence-electron chi connectivity index (χ0n) is 9.93. The van der Waals surface area contributed by atoms with Crippen molar-refractivity contribution in [2.45, 2.75) is 33.2 Å². The minimum atomic E-state index is -0.124. The molecule has 16 heavy (non-hydrogen) atoms. The number of carbonyl (C=O) groups is 1. The Bertz CT molecular complexity index is 347. The number of aromatic nitrogens is 1. The summed E-state index contributed by atoms with van der Waals surface area (Å²) >= 11 is 0. The molecule has 4 nitrogen and oxygen atoms in total. The lowest BCUT2D eigenvalue weighted by molar-refractivity contribution is -0.605. The molecule has 88 valence electrons. The van der Waals surface area contributed by atoms with Gasteiger partial charge in [-0.3, -0.25) is 4.79 Å². The Kier molecular flexibility index (Phi) is 4.28. The molecule has 0 bridgehead atoms. The molecule has 1 atom stereocenters. The maximum Gasteiger partial charge on any atom is 0.251 e. The zero-order chi connectivity index (χ0) is 12.1. The van der Waals surface area contributed by atoms with Crippen LogP contribution < -0.4 is 10.0 Å². The summed E-state index contributed by atoms with van der Waals surface area (Å²) in [5.41, 5.74) is 0.520. The van der Waals surface area contributed by atoms with E-state index in [0.717, 1.165) is 6.42 Å². The van der Waals surface area contributed by atoms with E-state index in [9.17, 15) is 10.0 Å². The Morgan fingerprint density at radius 2 is 2.00 bits per heavy atom. The first kappa shape index (κ1) is 12.5. The molecule has 1 aromatic rings. The highest BCUT2D eigenvalue weighted by Crippen LogP contribution is 2.06. The van der Waals surface area contributed by atoms with E-state index in [-0.39, 0.29) is 11.9 Å². The largest absolute Gasteiger partial charge is 0.619 e. The first-order valence-corrected chi connectivity index (χ1v) is 5.54. The predicted molar refractivity (Wildman–Crippen MR) is 61.8 cm³/mol. The third-order valence-electron chi connectivity index (χ3n) is 2.63. The topological polar surface area (TPSA) is 56.0 Å². The van der Waals surface area contributed by atoms with Crippen LogP contribution in [0.2, 0.25) is 0 Å². The van der Waals surface area contributed by atoms with E-state index < -0.39 is 0 Å². The van der Waals surface area contributed by atoms with Crippen LogP contribution in [0.4, 0.5) is 0 Å². The van der Waals surface area contributed by atoms with Gasteiger partial charge in [-0.15, -0.1) is 0 Å². The monoisotopic (exact) mass is 222 g/mol. The second kappa shape index (κ2) is 5.49. The third-order valence-corrected chi connectivity index (χ3v) is 2.63. The summed E-state index contributed by atoms with van der Waals surface area (Å²) in [7, 11) is 0. The molecule has 0 saturated carbocycles. The Labute approximate surface area is 95.9 Å². The second-order valence-electron chi connectivity index (χ2n) is 4.18. The number of nitrogens with one attached hydrogen (secondary N) is 1. The van der Waals surface area contributed by atoms with Crippen molar-refractivity contribution in [1.82, 2.24) is 5.32 Å². The highest BCUT2D eigenvalue weighted by molar-refractivity contribution is 5.94. The summed E-state index contributed by atoms with van der Waals surface area (Å²) in [4.78, 5) is 11.8. The average Bonchev–Trinajstić information content (AvgIpc) is 2.26. The van der Waals surface area contributed by atoms with Crippen molar-refractivity contribution in [3.05, 3.63) is 35.3 Å². The van der Waals surface area contributed by atoms with Gasteiger partial charge in [-0.05, 0) is 12.3 Å². The Morgan fingerprint density at radius 1 is 1.44 bits per heavy atom. The van der Waals surface area contributed by atoms with Crippen LogP contribution in [-0.4, -0.2) is 11.9 Å². The fraction of sp³-hybridized carbons (Fsp3) is 0.500. The van der Waals surface area contributed by atoms with E-state index in [1.165, 1.54) is 24.5 Å². The Morgan fingerprint density at radius 3 is 2.44 bits per heavy atom. The van der Waals surface area contributed by atoms with Crippen LogP contribution in [0.15, 0.2) is 24.5 Å². The van der Waals surface area contributed by atoms with Crippen molar-refractivity contribution in [3.8, 4) is 0 Å². The second-order valence-corrected chi connectivity index (χ2v) is 4.18. The van der Waals surface area contributed by atoms with E-state index >= 15 is 0 Å². The molecule has 0 aliphatic heterocycles. The van der Waals surface area contributed by atoms with Gasteiger partial charge in [0.1, 0.15) is 0 Å². The van der Waals surface area contributed by atoms with E-state index in [1.54, 1.807) is 0 Å². The molecule has 1 aromatic heterocycles. The van der Waals surface area contributed by atoms with Gasteiger partial charge < -0.3 is 10.5 Å². The zero-order valence-corrected chi connectivity index (χ0v) is 9.93. The number of hydrogen-bond acceptors (Lipinski definition) is 2. The van der Waals surface area contributed by atoms with Gasteiger partial charge in [0.15, 0.2) is 12.4 Å². The van der Waals surface area contributed by atoms with E-state index in [4.69, 9.17) is 0 Å². The van der Waals surface area contributed by atoms with Crippen LogP contribution in [0.5, 0.6) is 0 Å². The van der Waals surface area contributed by atoms with Crippen molar-refractivity contribution in [2.75, 3.05) is 0 Å². The van der Waals surface area contributed by atoms with Crippen LogP contribution in [0.25, 0.3) is 0 Å². The standard InChI is InChI=1S/C12H18N2O2/c1-4-11(9(2)3)13-12(15)10-5-7-14(16)8-6-10/h5-9,11H,4H2,1-3H3,(H,13,15)/t11-/m0/s1. The molecule has 0 aromatic carbocycles. The van der Waals surface area contributed by atoms with Crippen molar-refractivity contribution in [2.24, 2.45) is 5.92 Å². The Balaban J connectivity index is 2.68. The van der Waals surface area contributed by atoms with Gasteiger partial charge in [0.05, 0.1) is 5.56 Å². The highest BCUT2D eigenvalue weighted by Gasteiger charge is 2.15. The van der Waals surface area contributed by atoms with Gasteiger partial charge in [0, 0.05) is 18.2 Å². The van der Waals surface area contributed by atoms with E-state index in [0.29, 0.717) is 16.2 Å². The lowest BCUT2D eigenvalue weighted by Gasteiger charge is -2.20. The minimum absolute atomic E-state index is 0.124. The molecule has 1 amide bonds. The first-order chi connectivity index (χ1) is 7.54. The van der Waals surface area contributed by atoms with Crippen LogP contribution >= 0.6 is 0 Å². The lowest BCUT2D eigenvalue weighted by Crippen LogP contribution is -2.38. The molecule has 0 aliphatic carbocycles. The summed E-state index contributed by atoms with van der Waals surface area (Å²) in [5, 5.41) is 13.8. The lowest BCUT2D eigenvalue weighted by atomic mass is 10.0. The molecule has 0 spiro atoms. The maximum atomic E-state index is 11.8. The fourth-order valence-electron chi connectivity index (χ4n) is 1.56. The van der Waals surface area contributed by atoms with Gasteiger partial charge in [0.2, 0.25) is 0 Å². The molecule has 1 heterocycles. The SMILES string of the molecule is CC[C@H](NC(=O)c1cc[n+]([O-])cc1)C(C)C. The molecule has 1 rings (SSSR count). The van der Waals surface area contributed by atoms with E-state index in [1.807, 2.05) is 6.92 Å². The Hall–Kier alpha value is -1.58. The smallest absolute Gasteiger partial charge is 0.251 e. The quantitative estimate of drug-likeness (QED) is 0.619. The number of rotatable bonds is 4. The molecule has 0 radical (unpaired) electrons. The number of hydrogen-bond donors (Lipinski definition) is 1. The number of pyridine rings is 1. The molecule has 0 aliphatic rings. The van der Waals surface area contributed by atoms with Crippen molar-refractivity contribution >= 4 is 5.91 Å². The molecule has 4 heteroatoms. The summed E-state index contributed by atoms with van der Waals surface area (Å²) in [6.45, 7) is 6.19. The van der Waals surface area contributed by atoms with E-state index in [2.05, 4.69) is 19.2 Å². The van der Waals surface area contributed by atoms with Gasteiger partial charge in [0.25, 0.3) is 5.91 Å². The van der Waals surface area contributed by atoms with Crippen LogP contribution in [0.3, 0.4) is 0 Å². The molecule has 1 N–H and O–H groups in total. The van der Waals surface area contributed by atoms with Gasteiger partial charge in [-0.1, -0.05) is 20.8 Å². The number of amides is 1. The predicted octanol–water partition coefficient (Wildman–Crippen LogP) is 1.48. The summed E-state index contributed by atoms with van der Waals surface area (Å²) in [5.74, 6) is 0.281. The van der Waals surface area contributed by atoms with Gasteiger partial charge >= 0.3 is 0 Å². The maximum absolute atomic E-state index is 11.8. The summed E-state index contributed by atoms with van der Waals surface area (Å²) in [6, 6.07) is 3.22. The first-order valence-electron chi connectivity index (χ1n) is 5.54. The van der Waals surface area contributed by atoms with Gasteiger partial charge in [-0.25, -0.2) is 0 Å². The molecular weight excluding hydrogens is 204 g/mol. The van der Waals surface area contributed by atoms with Crippen molar-refractivity contribution in [3.63, 3.8) is 0 Å². The third kappa shape index (κ3) is 3.22. The van der Waals surface area contributed by atoms with Crippen LogP contribution in [-0.2, 0) is 0 Å². The average molecular weight is 222 g/mol. The molecule has 0 unspecified atom stereocenters. The number of nitrogens with zero attached hydrogens (tertiary/aromatic N) is 1. The van der Waals surface area contributed by atoms with Crippen LogP contribution in [0, 0.1) is 11.1 Å². The molecular formula is C12H18N2O2. The summed E-state index contributed by atoms with van der Waals surface area (Å²) in [6.07, 6.45) is 3.55. The van der Waals surface area contributed by atoms with Crippen LogP contribution in [0.1, 0.15) is 37.6 Å². The molecule has 0 saturated heterocycles. The molecule has 0 fully saturated rings. The minimum Gasteiger partial charge on any atom is -0.619 e. The van der Waals surface area contributed by atoms with Crippen molar-refractivity contribution < 1.29 is 9.52 Å². The fourth-order valence-corrected chi connectivity index (χ4v) is 1.56. The highest BCUT2D eigenvalue weighted by atomic mass is 16.5.